The molecule has 4 aromatic rings. The number of halogens is 3. The standard InChI is InChI=1S/C16H12ClFN2O3.C16H16ClN3O3/c1-23-14-5-2-9(17)6-11(14)16(22)20-8-15(21)19-12-4-3-10(18)7-13(12)20;1-3-20(13-5-4-8-18-15(13)19-10-21)16(22)12-9-11(17)6-7-14(12)23-2/h2-7H,8H2,1H3,(H,19,21);4-10H,3H2,1-2H3,(H,18,19,21). The van der Waals surface area contributed by atoms with E-state index in [1.165, 1.54) is 54.5 Å². The van der Waals surface area contributed by atoms with Crippen LogP contribution in [0.25, 0.3) is 0 Å². The largest absolute Gasteiger partial charge is 0.496 e. The van der Waals surface area contributed by atoms with Crippen molar-refractivity contribution in [2.45, 2.75) is 6.92 Å². The van der Waals surface area contributed by atoms with Gasteiger partial charge in [-0.25, -0.2) is 9.37 Å². The molecule has 0 atom stereocenters. The molecule has 1 aliphatic rings. The number of fused-ring (bicyclic) bond motifs is 1. The fraction of sp³-hybridized carbons (Fsp3) is 0.156. The average molecular weight is 669 g/mol. The first-order valence-corrected chi connectivity index (χ1v) is 14.4. The number of amides is 4. The highest BCUT2D eigenvalue weighted by atomic mass is 35.5. The molecule has 0 fully saturated rings. The molecule has 46 heavy (non-hydrogen) atoms. The summed E-state index contributed by atoms with van der Waals surface area (Å²) in [5.41, 5.74) is 1.69. The summed E-state index contributed by atoms with van der Waals surface area (Å²) in [4.78, 5) is 55.1. The molecule has 0 unspecified atom stereocenters. The maximum absolute atomic E-state index is 13.5. The lowest BCUT2D eigenvalue weighted by molar-refractivity contribution is -0.115. The molecule has 0 spiro atoms. The van der Waals surface area contributed by atoms with Crippen molar-refractivity contribution in [1.29, 1.82) is 0 Å². The molecule has 2 heterocycles. The van der Waals surface area contributed by atoms with Gasteiger partial charge in [0.25, 0.3) is 11.8 Å². The van der Waals surface area contributed by atoms with Crippen LogP contribution in [0.2, 0.25) is 10.0 Å². The van der Waals surface area contributed by atoms with E-state index in [9.17, 15) is 23.6 Å². The van der Waals surface area contributed by atoms with Crippen LogP contribution >= 0.6 is 23.2 Å². The molecule has 0 saturated heterocycles. The van der Waals surface area contributed by atoms with E-state index < -0.39 is 11.7 Å². The lowest BCUT2D eigenvalue weighted by Gasteiger charge is -2.29. The number of hydrogen-bond acceptors (Lipinski definition) is 7. The smallest absolute Gasteiger partial charge is 0.262 e. The molecule has 3 aromatic carbocycles. The van der Waals surface area contributed by atoms with Crippen LogP contribution in [0.3, 0.4) is 0 Å². The van der Waals surface area contributed by atoms with Crippen LogP contribution in [0.15, 0.2) is 72.9 Å². The molecule has 0 bridgehead atoms. The van der Waals surface area contributed by atoms with Gasteiger partial charge in [-0.1, -0.05) is 23.2 Å². The van der Waals surface area contributed by atoms with Crippen LogP contribution in [-0.2, 0) is 9.59 Å². The van der Waals surface area contributed by atoms with Gasteiger partial charge in [0.15, 0.2) is 5.82 Å². The highest BCUT2D eigenvalue weighted by Gasteiger charge is 2.30. The number of methoxy groups -OCH3 is 2. The Morgan fingerprint density at radius 1 is 1.02 bits per heavy atom. The lowest BCUT2D eigenvalue weighted by atomic mass is 10.1. The fourth-order valence-electron chi connectivity index (χ4n) is 4.62. The lowest BCUT2D eigenvalue weighted by Crippen LogP contribution is -2.42. The number of carbonyl (C=O) groups excluding carboxylic acids is 4. The number of carbonyl (C=O) groups is 4. The van der Waals surface area contributed by atoms with E-state index in [4.69, 9.17) is 32.7 Å². The zero-order valence-electron chi connectivity index (χ0n) is 24.8. The maximum Gasteiger partial charge on any atom is 0.262 e. The van der Waals surface area contributed by atoms with Crippen molar-refractivity contribution in [2.75, 3.05) is 47.7 Å². The minimum atomic E-state index is -0.504. The Bertz CT molecular complexity index is 1790. The second kappa shape index (κ2) is 15.2. The van der Waals surface area contributed by atoms with E-state index in [0.29, 0.717) is 57.3 Å². The fourth-order valence-corrected chi connectivity index (χ4v) is 4.97. The Hall–Kier alpha value is -5.20. The Morgan fingerprint density at radius 3 is 2.30 bits per heavy atom. The maximum atomic E-state index is 13.5. The summed E-state index contributed by atoms with van der Waals surface area (Å²) >= 11 is 11.9. The van der Waals surface area contributed by atoms with E-state index >= 15 is 0 Å². The zero-order valence-corrected chi connectivity index (χ0v) is 26.4. The highest BCUT2D eigenvalue weighted by Crippen LogP contribution is 2.34. The first-order valence-electron chi connectivity index (χ1n) is 13.7. The molecule has 0 aliphatic carbocycles. The summed E-state index contributed by atoms with van der Waals surface area (Å²) in [7, 11) is 2.91. The molecule has 14 heteroatoms. The number of aromatic nitrogens is 1. The van der Waals surface area contributed by atoms with E-state index in [0.717, 1.165) is 0 Å². The second-order valence-corrected chi connectivity index (χ2v) is 10.3. The number of rotatable bonds is 8. The monoisotopic (exact) mass is 667 g/mol. The SMILES string of the molecule is CCN(C(=O)c1cc(Cl)ccc1OC)c1cccnc1NC=O.COc1ccc(Cl)cc1C(=O)N1CC(=O)Nc2ccc(F)cc21. The van der Waals surface area contributed by atoms with Crippen LogP contribution < -0.4 is 29.9 Å². The van der Waals surface area contributed by atoms with Crippen LogP contribution in [0.1, 0.15) is 27.6 Å². The summed E-state index contributed by atoms with van der Waals surface area (Å²) in [5.74, 6) is -0.609. The van der Waals surface area contributed by atoms with Crippen molar-refractivity contribution in [3.8, 4) is 11.5 Å². The van der Waals surface area contributed by atoms with E-state index in [1.807, 2.05) is 6.92 Å². The third kappa shape index (κ3) is 7.53. The van der Waals surface area contributed by atoms with Gasteiger partial charge in [0.2, 0.25) is 12.3 Å². The van der Waals surface area contributed by atoms with Crippen LogP contribution in [0, 0.1) is 5.82 Å². The molecule has 2 N–H and O–H groups in total. The molecule has 1 aliphatic heterocycles. The van der Waals surface area contributed by atoms with E-state index in [1.54, 1.807) is 42.5 Å². The summed E-state index contributed by atoms with van der Waals surface area (Å²) in [6, 6.07) is 16.7. The number of pyridine rings is 1. The van der Waals surface area contributed by atoms with Gasteiger partial charge in [-0.2, -0.15) is 0 Å². The van der Waals surface area contributed by atoms with Gasteiger partial charge in [0.1, 0.15) is 23.9 Å². The predicted molar refractivity (Wildman–Crippen MR) is 174 cm³/mol. The van der Waals surface area contributed by atoms with Gasteiger partial charge in [-0.3, -0.25) is 24.1 Å². The molecule has 0 saturated carbocycles. The number of nitrogens with one attached hydrogen (secondary N) is 2. The number of ether oxygens (including phenoxy) is 2. The van der Waals surface area contributed by atoms with Gasteiger partial charge in [0.05, 0.1) is 42.4 Å². The molecular weight excluding hydrogens is 640 g/mol. The van der Waals surface area contributed by atoms with Crippen molar-refractivity contribution >= 4 is 70.2 Å². The van der Waals surface area contributed by atoms with Gasteiger partial charge in [0, 0.05) is 22.8 Å². The van der Waals surface area contributed by atoms with Crippen LogP contribution in [0.5, 0.6) is 11.5 Å². The Balaban J connectivity index is 0.000000209. The predicted octanol–water partition coefficient (Wildman–Crippen LogP) is 6.07. The molecular formula is C32H28Cl2FN5O6. The molecule has 4 amide bonds. The van der Waals surface area contributed by atoms with E-state index in [2.05, 4.69) is 15.6 Å². The third-order valence-corrected chi connectivity index (χ3v) is 7.16. The van der Waals surface area contributed by atoms with Crippen molar-refractivity contribution in [3.05, 3.63) is 99.9 Å². The van der Waals surface area contributed by atoms with Gasteiger partial charge >= 0.3 is 0 Å². The molecule has 5 rings (SSSR count). The minimum absolute atomic E-state index is 0.199. The van der Waals surface area contributed by atoms with Crippen molar-refractivity contribution in [1.82, 2.24) is 4.98 Å². The minimum Gasteiger partial charge on any atom is -0.496 e. The third-order valence-electron chi connectivity index (χ3n) is 6.69. The molecule has 0 radical (unpaired) electrons. The Morgan fingerprint density at radius 2 is 1.67 bits per heavy atom. The van der Waals surface area contributed by atoms with Gasteiger partial charge < -0.3 is 25.0 Å². The highest BCUT2D eigenvalue weighted by molar-refractivity contribution is 6.31. The Kier molecular flexibility index (Phi) is 11.1. The molecule has 11 nitrogen and oxygen atoms in total. The summed E-state index contributed by atoms with van der Waals surface area (Å²) in [6.45, 7) is 1.99. The van der Waals surface area contributed by atoms with Crippen molar-refractivity contribution in [2.24, 2.45) is 0 Å². The van der Waals surface area contributed by atoms with Crippen molar-refractivity contribution < 1.29 is 33.0 Å². The van der Waals surface area contributed by atoms with Crippen LogP contribution in [-0.4, -0.2) is 56.4 Å². The summed E-state index contributed by atoms with van der Waals surface area (Å²) < 4.78 is 24.0. The first-order chi connectivity index (χ1) is 22.1. The van der Waals surface area contributed by atoms with Gasteiger partial charge in [-0.05, 0) is 73.7 Å². The molecule has 1 aromatic heterocycles. The normalized spacial score (nSPS) is 11.7. The number of hydrogen-bond donors (Lipinski definition) is 2. The number of nitrogens with zero attached hydrogens (tertiary/aromatic N) is 3. The number of benzene rings is 3. The zero-order chi connectivity index (χ0) is 33.4. The first kappa shape index (κ1) is 33.7. The average Bonchev–Trinajstić information content (AvgIpc) is 3.05. The summed E-state index contributed by atoms with van der Waals surface area (Å²) in [5, 5.41) is 5.89. The molecule has 238 valence electrons. The summed E-state index contributed by atoms with van der Waals surface area (Å²) in [6.07, 6.45) is 2.05. The van der Waals surface area contributed by atoms with E-state index in [-0.39, 0.29) is 29.6 Å². The Labute approximate surface area is 273 Å². The van der Waals surface area contributed by atoms with Crippen LogP contribution in [0.4, 0.5) is 27.3 Å². The van der Waals surface area contributed by atoms with Gasteiger partial charge in [-0.15, -0.1) is 0 Å². The quantitative estimate of drug-likeness (QED) is 0.218. The number of anilines is 4. The van der Waals surface area contributed by atoms with Crippen molar-refractivity contribution in [3.63, 3.8) is 0 Å². The topological polar surface area (TPSA) is 130 Å². The second-order valence-electron chi connectivity index (χ2n) is 9.47.